The fraction of sp³-hybridized carbons (Fsp3) is 0.290. The second kappa shape index (κ2) is 10.3. The molecule has 3 aromatic carbocycles. The summed E-state index contributed by atoms with van der Waals surface area (Å²) in [7, 11) is 0.232. The van der Waals surface area contributed by atoms with Gasteiger partial charge < -0.3 is 14.8 Å². The van der Waals surface area contributed by atoms with E-state index in [1.807, 2.05) is 24.3 Å². The van der Waals surface area contributed by atoms with Crippen LogP contribution in [0.1, 0.15) is 57.1 Å². The van der Waals surface area contributed by atoms with Gasteiger partial charge >= 0.3 is 7.12 Å². The van der Waals surface area contributed by atoms with Crippen molar-refractivity contribution < 1.29 is 14.8 Å². The highest BCUT2D eigenvalue weighted by Crippen LogP contribution is 2.52. The Bertz CT molecular complexity index is 1360. The molecule has 1 atom stereocenters. The summed E-state index contributed by atoms with van der Waals surface area (Å²) < 4.78 is 5.31. The Kier molecular flexibility index (Phi) is 7.07. The third-order valence-corrected chi connectivity index (χ3v) is 8.82. The van der Waals surface area contributed by atoms with Crippen molar-refractivity contribution in [2.24, 2.45) is 0 Å². The first-order valence-electron chi connectivity index (χ1n) is 12.8. The Hall–Kier alpha value is -2.86. The summed E-state index contributed by atoms with van der Waals surface area (Å²) in [5.41, 5.74) is 7.85. The third kappa shape index (κ3) is 4.52. The molecule has 2 N–H and O–H groups in total. The van der Waals surface area contributed by atoms with Gasteiger partial charge in [-0.1, -0.05) is 69.9 Å². The molecule has 0 saturated carbocycles. The van der Waals surface area contributed by atoms with Crippen molar-refractivity contribution in [2.45, 2.75) is 51.4 Å². The second-order valence-corrected chi connectivity index (χ2v) is 11.1. The van der Waals surface area contributed by atoms with E-state index in [1.54, 1.807) is 18.4 Å². The molecule has 3 nitrogen and oxygen atoms in total. The van der Waals surface area contributed by atoms with E-state index in [4.69, 9.17) is 4.74 Å². The van der Waals surface area contributed by atoms with Gasteiger partial charge in [0.2, 0.25) is 0 Å². The first kappa shape index (κ1) is 24.8. The van der Waals surface area contributed by atoms with Crippen molar-refractivity contribution in [1.29, 1.82) is 0 Å². The Morgan fingerprint density at radius 2 is 1.42 bits per heavy atom. The number of rotatable bonds is 9. The number of fused-ring (bicyclic) bond motifs is 3. The van der Waals surface area contributed by atoms with Crippen LogP contribution in [0.3, 0.4) is 0 Å². The predicted octanol–water partition coefficient (Wildman–Crippen LogP) is 7.03. The molecule has 1 heterocycles. The Morgan fingerprint density at radius 1 is 0.778 bits per heavy atom. The summed E-state index contributed by atoms with van der Waals surface area (Å²) >= 11 is 1.81. The Labute approximate surface area is 218 Å². The number of unbranched alkanes of at least 4 members (excludes halogenated alkanes) is 3. The topological polar surface area (TPSA) is 49.7 Å². The van der Waals surface area contributed by atoms with Gasteiger partial charge in [-0.15, -0.1) is 11.3 Å². The maximum absolute atomic E-state index is 9.86. The SMILES string of the molecule is CCCCCCC1(C)c2cc(B(O)O)ccc2-c2ccc(-c3ccc(-c4ccc(OC)cc4)s3)cc21. The second-order valence-electron chi connectivity index (χ2n) is 9.97. The largest absolute Gasteiger partial charge is 0.497 e. The lowest BCUT2D eigenvalue weighted by atomic mass is 9.72. The monoisotopic (exact) mass is 496 g/mol. The molecule has 0 saturated heterocycles. The highest BCUT2D eigenvalue weighted by Gasteiger charge is 2.39. The van der Waals surface area contributed by atoms with Gasteiger partial charge in [-0.3, -0.25) is 0 Å². The minimum atomic E-state index is -1.46. The lowest BCUT2D eigenvalue weighted by Crippen LogP contribution is -2.31. The number of hydrogen-bond acceptors (Lipinski definition) is 4. The number of hydrogen-bond donors (Lipinski definition) is 2. The maximum atomic E-state index is 9.86. The van der Waals surface area contributed by atoms with Gasteiger partial charge in [0.25, 0.3) is 0 Å². The third-order valence-electron chi connectivity index (χ3n) is 7.64. The summed E-state index contributed by atoms with van der Waals surface area (Å²) in [4.78, 5) is 2.49. The fourth-order valence-electron chi connectivity index (χ4n) is 5.53. The molecule has 0 bridgehead atoms. The molecular weight excluding hydrogens is 463 g/mol. The standard InChI is InChI=1S/C31H33BO3S/c1-4-5-6-7-18-31(2)27-19-22(10-14-25(27)26-15-11-23(32(33)34)20-28(26)31)30-17-16-29(36-30)21-8-12-24(35-3)13-9-21/h8-17,19-20,33-34H,4-7,18H2,1-3H3. The minimum Gasteiger partial charge on any atom is -0.497 e. The molecule has 1 aromatic heterocycles. The van der Waals surface area contributed by atoms with E-state index in [1.165, 1.54) is 62.4 Å². The average Bonchev–Trinajstić information content (AvgIpc) is 3.49. The molecular formula is C31H33BO3S. The number of methoxy groups -OCH3 is 1. The zero-order valence-electron chi connectivity index (χ0n) is 21.3. The predicted molar refractivity (Wildman–Crippen MR) is 152 cm³/mol. The van der Waals surface area contributed by atoms with Crippen molar-refractivity contribution in [3.05, 3.63) is 83.9 Å². The van der Waals surface area contributed by atoms with Crippen LogP contribution in [-0.4, -0.2) is 24.3 Å². The van der Waals surface area contributed by atoms with Crippen LogP contribution in [0.15, 0.2) is 72.8 Å². The highest BCUT2D eigenvalue weighted by molar-refractivity contribution is 7.18. The molecule has 0 spiro atoms. The molecule has 0 amide bonds. The molecule has 5 rings (SSSR count). The van der Waals surface area contributed by atoms with Crippen LogP contribution in [0, 0.1) is 0 Å². The lowest BCUT2D eigenvalue weighted by Gasteiger charge is -2.28. The molecule has 184 valence electrons. The normalized spacial score (nSPS) is 16.0. The van der Waals surface area contributed by atoms with Gasteiger partial charge in [0.05, 0.1) is 7.11 Å². The molecule has 1 unspecified atom stereocenters. The van der Waals surface area contributed by atoms with Crippen LogP contribution in [0.4, 0.5) is 0 Å². The van der Waals surface area contributed by atoms with E-state index in [0.717, 1.165) is 18.6 Å². The van der Waals surface area contributed by atoms with E-state index in [0.29, 0.717) is 5.46 Å². The molecule has 1 aliphatic carbocycles. The van der Waals surface area contributed by atoms with Gasteiger partial charge in [-0.2, -0.15) is 0 Å². The molecule has 0 fully saturated rings. The Morgan fingerprint density at radius 3 is 2.08 bits per heavy atom. The van der Waals surface area contributed by atoms with Crippen LogP contribution < -0.4 is 10.2 Å². The smallest absolute Gasteiger partial charge is 0.488 e. The summed E-state index contributed by atoms with van der Waals surface area (Å²) in [6, 6.07) is 25.4. The van der Waals surface area contributed by atoms with Gasteiger partial charge in [0.15, 0.2) is 0 Å². The van der Waals surface area contributed by atoms with Crippen LogP contribution in [0.25, 0.3) is 32.0 Å². The van der Waals surface area contributed by atoms with Crippen LogP contribution in [0.5, 0.6) is 5.75 Å². The summed E-state index contributed by atoms with van der Waals surface area (Å²) in [6.07, 6.45) is 5.87. The van der Waals surface area contributed by atoms with Crippen molar-refractivity contribution in [1.82, 2.24) is 0 Å². The zero-order chi connectivity index (χ0) is 25.3. The van der Waals surface area contributed by atoms with E-state index in [-0.39, 0.29) is 5.41 Å². The fourth-order valence-corrected chi connectivity index (χ4v) is 6.53. The average molecular weight is 496 g/mol. The first-order chi connectivity index (χ1) is 17.4. The molecule has 0 aliphatic heterocycles. The molecule has 0 radical (unpaired) electrons. The van der Waals surface area contributed by atoms with E-state index in [2.05, 4.69) is 62.4 Å². The van der Waals surface area contributed by atoms with Crippen LogP contribution in [0.2, 0.25) is 0 Å². The van der Waals surface area contributed by atoms with Crippen molar-refractivity contribution >= 4 is 23.9 Å². The van der Waals surface area contributed by atoms with Crippen molar-refractivity contribution in [3.63, 3.8) is 0 Å². The van der Waals surface area contributed by atoms with E-state index in [9.17, 15) is 10.0 Å². The van der Waals surface area contributed by atoms with Gasteiger partial charge in [0, 0.05) is 15.2 Å². The Balaban J connectivity index is 1.53. The number of ether oxygens (including phenoxy) is 1. The van der Waals surface area contributed by atoms with Crippen molar-refractivity contribution in [2.75, 3.05) is 7.11 Å². The van der Waals surface area contributed by atoms with Crippen LogP contribution in [-0.2, 0) is 5.41 Å². The maximum Gasteiger partial charge on any atom is 0.488 e. The first-order valence-corrected chi connectivity index (χ1v) is 13.7. The molecule has 1 aliphatic rings. The zero-order valence-corrected chi connectivity index (χ0v) is 22.1. The molecule has 36 heavy (non-hydrogen) atoms. The summed E-state index contributed by atoms with van der Waals surface area (Å²) in [5.74, 6) is 0.865. The molecule has 4 aromatic rings. The minimum absolute atomic E-state index is 0.157. The van der Waals surface area contributed by atoms with E-state index < -0.39 is 7.12 Å². The molecule has 5 heteroatoms. The van der Waals surface area contributed by atoms with Crippen molar-refractivity contribution in [3.8, 4) is 37.8 Å². The number of benzene rings is 3. The summed E-state index contributed by atoms with van der Waals surface area (Å²) in [5, 5.41) is 19.7. The van der Waals surface area contributed by atoms with Gasteiger partial charge in [-0.05, 0) is 87.7 Å². The quantitative estimate of drug-likeness (QED) is 0.193. The summed E-state index contributed by atoms with van der Waals surface area (Å²) in [6.45, 7) is 4.57. The van der Waals surface area contributed by atoms with E-state index >= 15 is 0 Å². The van der Waals surface area contributed by atoms with Crippen LogP contribution >= 0.6 is 11.3 Å². The highest BCUT2D eigenvalue weighted by atomic mass is 32.1. The lowest BCUT2D eigenvalue weighted by molar-refractivity contribution is 0.415. The van der Waals surface area contributed by atoms with Gasteiger partial charge in [0.1, 0.15) is 5.75 Å². The number of thiophene rings is 1. The van der Waals surface area contributed by atoms with Gasteiger partial charge in [-0.25, -0.2) is 0 Å².